The van der Waals surface area contributed by atoms with E-state index in [4.69, 9.17) is 20.4 Å². The quantitative estimate of drug-likeness (QED) is 0.227. The zero-order valence-corrected chi connectivity index (χ0v) is 13.4. The predicted octanol–water partition coefficient (Wildman–Crippen LogP) is -0.292. The third kappa shape index (κ3) is 68.6. The van der Waals surface area contributed by atoms with E-state index in [0.717, 1.165) is 6.08 Å². The molecule has 0 aromatic carbocycles. The molecule has 21 heavy (non-hydrogen) atoms. The molecule has 0 radical (unpaired) electrons. The molecule has 0 aromatic rings. The van der Waals surface area contributed by atoms with E-state index in [1.54, 1.807) is 6.92 Å². The number of carbonyl (C=O) groups excluding carboxylic acids is 1. The molecule has 8 nitrogen and oxygen atoms in total. The molecule has 0 saturated carbocycles. The number of carbonyl (C=O) groups is 3. The lowest BCUT2D eigenvalue weighted by molar-refractivity contribution is -0.137. The third-order valence-electron chi connectivity index (χ3n) is 0.824. The molecule has 0 amide bonds. The highest BCUT2D eigenvalue weighted by Gasteiger charge is 1.86. The first-order chi connectivity index (χ1) is 9.76. The highest BCUT2D eigenvalue weighted by molar-refractivity contribution is 7.81. The molecule has 0 spiro atoms. The smallest absolute Gasteiger partial charge is 0.330 e. The normalized spacial score (nSPS) is 7.48. The number of hydrogen-bond acceptors (Lipinski definition) is 8. The van der Waals surface area contributed by atoms with Gasteiger partial charge >= 0.3 is 17.9 Å². The Morgan fingerprint density at radius 3 is 1.38 bits per heavy atom. The van der Waals surface area contributed by atoms with Gasteiger partial charge in [0.1, 0.15) is 0 Å². The second-order valence-electron chi connectivity index (χ2n) is 2.51. The van der Waals surface area contributed by atoms with Crippen LogP contribution in [0.5, 0.6) is 0 Å². The highest BCUT2D eigenvalue weighted by Crippen LogP contribution is 1.74. The fourth-order valence-corrected chi connectivity index (χ4v) is 0.201. The van der Waals surface area contributed by atoms with Crippen molar-refractivity contribution >= 4 is 43.2 Å². The summed E-state index contributed by atoms with van der Waals surface area (Å²) in [5.74, 6) is -2.29. The van der Waals surface area contributed by atoms with Crippen LogP contribution >= 0.6 is 25.3 Å². The second kappa shape index (κ2) is 27.2. The summed E-state index contributed by atoms with van der Waals surface area (Å²) in [4.78, 5) is 28.7. The van der Waals surface area contributed by atoms with E-state index in [1.807, 2.05) is 0 Å². The van der Waals surface area contributed by atoms with E-state index in [2.05, 4.69) is 36.6 Å². The van der Waals surface area contributed by atoms with Crippen LogP contribution in [0.4, 0.5) is 0 Å². The van der Waals surface area contributed by atoms with Crippen LogP contribution < -0.4 is 0 Å². The van der Waals surface area contributed by atoms with Crippen molar-refractivity contribution in [3.63, 3.8) is 0 Å². The summed E-state index contributed by atoms with van der Waals surface area (Å²) >= 11 is 6.83. The Kier molecular flexibility index (Phi) is 36.2. The summed E-state index contributed by atoms with van der Waals surface area (Å²) in [6.07, 6.45) is 1.14. The van der Waals surface area contributed by atoms with Gasteiger partial charge in [-0.05, 0) is 6.92 Å². The molecular formula is C11H22O8S2. The van der Waals surface area contributed by atoms with Crippen molar-refractivity contribution in [3.8, 4) is 0 Å². The number of ether oxygens (including phenoxy) is 1. The average Bonchev–Trinajstić information content (AvgIpc) is 2.48. The Hall–Kier alpha value is -1.23. The minimum absolute atomic E-state index is 0.0833. The molecule has 0 bridgehead atoms. The third-order valence-corrected chi connectivity index (χ3v) is 1.36. The number of esters is 1. The van der Waals surface area contributed by atoms with E-state index in [0.29, 0.717) is 6.61 Å². The monoisotopic (exact) mass is 346 g/mol. The number of carboxylic acid groups (broad SMARTS) is 2. The molecule has 0 atom stereocenters. The summed E-state index contributed by atoms with van der Waals surface area (Å²) in [5.41, 5.74) is 0. The van der Waals surface area contributed by atoms with Gasteiger partial charge in [0, 0.05) is 6.08 Å². The van der Waals surface area contributed by atoms with Gasteiger partial charge in [0.05, 0.1) is 31.3 Å². The molecule has 10 heteroatoms. The van der Waals surface area contributed by atoms with Crippen LogP contribution in [0.1, 0.15) is 6.92 Å². The van der Waals surface area contributed by atoms with E-state index >= 15 is 0 Å². The van der Waals surface area contributed by atoms with E-state index < -0.39 is 11.9 Å². The molecule has 0 rings (SSSR count). The minimum Gasteiger partial charge on any atom is -0.481 e. The number of aliphatic hydroxyl groups excluding tert-OH is 2. The molecule has 4 N–H and O–H groups in total. The van der Waals surface area contributed by atoms with Crippen LogP contribution in [-0.2, 0) is 19.1 Å². The van der Waals surface area contributed by atoms with Gasteiger partial charge in [-0.25, -0.2) is 4.79 Å². The maximum atomic E-state index is 10.1. The van der Waals surface area contributed by atoms with E-state index in [1.165, 1.54) is 0 Å². The first kappa shape index (κ1) is 28.0. The van der Waals surface area contributed by atoms with Crippen molar-refractivity contribution in [1.82, 2.24) is 0 Å². The second-order valence-corrected chi connectivity index (χ2v) is 3.14. The number of hydrogen-bond donors (Lipinski definition) is 6. The molecule has 0 aliphatic heterocycles. The highest BCUT2D eigenvalue weighted by atomic mass is 32.1. The topological polar surface area (TPSA) is 141 Å². The number of rotatable bonds is 5. The molecule has 0 aromatic heterocycles. The Balaban J connectivity index is -0.0000000939. The van der Waals surface area contributed by atoms with Gasteiger partial charge in [-0.3, -0.25) is 9.59 Å². The van der Waals surface area contributed by atoms with Gasteiger partial charge in [0.2, 0.25) is 0 Å². The number of aliphatic hydroxyl groups is 2. The molecule has 0 fully saturated rings. The Morgan fingerprint density at radius 2 is 1.33 bits per heavy atom. The largest absolute Gasteiger partial charge is 0.481 e. The van der Waals surface area contributed by atoms with Crippen molar-refractivity contribution in [3.05, 3.63) is 12.7 Å². The van der Waals surface area contributed by atoms with Gasteiger partial charge in [0.25, 0.3) is 0 Å². The van der Waals surface area contributed by atoms with Crippen molar-refractivity contribution in [2.45, 2.75) is 6.92 Å². The summed E-state index contributed by atoms with van der Waals surface area (Å²) in [7, 11) is 0. The molecule has 126 valence electrons. The Labute approximate surface area is 134 Å². The fourth-order valence-electron chi connectivity index (χ4n) is 0.201. The maximum absolute atomic E-state index is 10.1. The summed E-state index contributed by atoms with van der Waals surface area (Å²) in [5, 5.41) is 30.5. The zero-order chi connectivity index (χ0) is 17.7. The summed E-state index contributed by atoms with van der Waals surface area (Å²) in [6.45, 7) is 5.13. The first-order valence-corrected chi connectivity index (χ1v) is 6.69. The van der Waals surface area contributed by atoms with E-state index in [-0.39, 0.29) is 30.7 Å². The van der Waals surface area contributed by atoms with Gasteiger partial charge in [0.15, 0.2) is 0 Å². The lowest BCUT2D eigenvalue weighted by Crippen LogP contribution is -1.97. The molecule has 0 saturated heterocycles. The van der Waals surface area contributed by atoms with Crippen LogP contribution in [-0.4, -0.2) is 69.7 Å². The number of aliphatic carboxylic acids is 2. The van der Waals surface area contributed by atoms with Gasteiger partial charge < -0.3 is 25.2 Å². The zero-order valence-electron chi connectivity index (χ0n) is 11.6. The minimum atomic E-state index is -0.881. The van der Waals surface area contributed by atoms with Gasteiger partial charge in [-0.15, -0.1) is 0 Å². The lowest BCUT2D eigenvalue weighted by atomic mass is 10.6. The Morgan fingerprint density at radius 1 is 1.05 bits per heavy atom. The lowest BCUT2D eigenvalue weighted by Gasteiger charge is -1.90. The van der Waals surface area contributed by atoms with Crippen LogP contribution in [0.15, 0.2) is 12.7 Å². The molecule has 0 aliphatic rings. The van der Waals surface area contributed by atoms with Gasteiger partial charge in [-0.2, -0.15) is 25.3 Å². The van der Waals surface area contributed by atoms with Crippen LogP contribution in [0.2, 0.25) is 0 Å². The van der Waals surface area contributed by atoms with Crippen molar-refractivity contribution in [1.29, 1.82) is 0 Å². The van der Waals surface area contributed by atoms with Crippen molar-refractivity contribution in [2.75, 3.05) is 31.3 Å². The predicted molar refractivity (Wildman–Crippen MR) is 84.0 cm³/mol. The van der Waals surface area contributed by atoms with Crippen LogP contribution in [0.3, 0.4) is 0 Å². The summed E-state index contributed by atoms with van der Waals surface area (Å²) < 4.78 is 4.43. The van der Waals surface area contributed by atoms with Crippen LogP contribution in [0.25, 0.3) is 0 Å². The van der Waals surface area contributed by atoms with Crippen molar-refractivity contribution in [2.24, 2.45) is 0 Å². The number of carboxylic acids is 2. The molecule has 0 aliphatic carbocycles. The first-order valence-electron chi connectivity index (χ1n) is 5.43. The van der Waals surface area contributed by atoms with Crippen molar-refractivity contribution < 1.29 is 39.5 Å². The summed E-state index contributed by atoms with van der Waals surface area (Å²) in [6, 6.07) is 0. The molecule has 0 heterocycles. The standard InChI is InChI=1S/C5H8O2.2C2H4O2S.C2H6O2/c1-3-5(6)7-4-2;2*3-2(4)1-5;3-1-2-4/h3H,1,4H2,2H3;2*5H,1H2,(H,3,4);3-4H,1-2H2. The van der Waals surface area contributed by atoms with Crippen LogP contribution in [0, 0.1) is 0 Å². The molecule has 0 unspecified atom stereocenters. The average molecular weight is 346 g/mol. The molecular weight excluding hydrogens is 324 g/mol. The maximum Gasteiger partial charge on any atom is 0.330 e. The van der Waals surface area contributed by atoms with E-state index in [9.17, 15) is 14.4 Å². The SMILES string of the molecule is C=CC(=O)OCC.O=C(O)CS.O=C(O)CS.OCCO. The number of thiol groups is 2. The van der Waals surface area contributed by atoms with Gasteiger partial charge in [-0.1, -0.05) is 6.58 Å². The fraction of sp³-hybridized carbons (Fsp3) is 0.545. The Bertz CT molecular complexity index is 255.